The van der Waals surface area contributed by atoms with Crippen molar-refractivity contribution in [1.82, 2.24) is 24.5 Å². The summed E-state index contributed by atoms with van der Waals surface area (Å²) >= 11 is 0. The van der Waals surface area contributed by atoms with Crippen LogP contribution in [0.4, 0.5) is 23.1 Å². The molecule has 0 spiro atoms. The summed E-state index contributed by atoms with van der Waals surface area (Å²) in [7, 11) is 3.56. The average molecular weight is 440 g/mol. The number of anilines is 4. The molecule has 33 heavy (non-hydrogen) atoms. The van der Waals surface area contributed by atoms with Gasteiger partial charge in [0.15, 0.2) is 11.6 Å². The summed E-state index contributed by atoms with van der Waals surface area (Å²) < 4.78 is 9.19. The highest BCUT2D eigenvalue weighted by molar-refractivity contribution is 5.94. The second-order valence-electron chi connectivity index (χ2n) is 7.89. The number of para-hydroxylation sites is 1. The van der Waals surface area contributed by atoms with E-state index in [1.165, 1.54) is 0 Å². The van der Waals surface area contributed by atoms with Gasteiger partial charge in [-0.25, -0.2) is 9.67 Å². The number of benzene rings is 2. The lowest BCUT2D eigenvalue weighted by atomic mass is 10.1. The Bertz CT molecular complexity index is 1440. The minimum atomic E-state index is 0.693. The molecule has 5 aromatic rings. The van der Waals surface area contributed by atoms with E-state index in [2.05, 4.69) is 27.6 Å². The molecule has 0 aliphatic carbocycles. The van der Waals surface area contributed by atoms with E-state index in [1.54, 1.807) is 11.8 Å². The zero-order chi connectivity index (χ0) is 22.9. The van der Waals surface area contributed by atoms with Gasteiger partial charge in [0.1, 0.15) is 11.6 Å². The predicted octanol–water partition coefficient (Wildman–Crippen LogP) is 5.27. The normalized spacial score (nSPS) is 11.0. The number of hydrogen-bond acceptors (Lipinski definition) is 6. The summed E-state index contributed by atoms with van der Waals surface area (Å²) in [5.74, 6) is 2.98. The number of rotatable bonds is 6. The fraction of sp³-hybridized carbons (Fsp3) is 0.160. The highest BCUT2D eigenvalue weighted by Crippen LogP contribution is 2.34. The Hall–Kier alpha value is -4.33. The molecule has 0 bridgehead atoms. The van der Waals surface area contributed by atoms with E-state index in [0.29, 0.717) is 5.82 Å². The zero-order valence-corrected chi connectivity index (χ0v) is 19.0. The van der Waals surface area contributed by atoms with E-state index >= 15 is 0 Å². The summed E-state index contributed by atoms with van der Waals surface area (Å²) in [6, 6.07) is 18.0. The molecule has 8 nitrogen and oxygen atoms in total. The number of aryl methyl sites for hydroxylation is 2. The smallest absolute Gasteiger partial charge is 0.162 e. The number of methoxy groups -OCH3 is 1. The fourth-order valence-electron chi connectivity index (χ4n) is 3.91. The molecule has 166 valence electrons. The summed E-state index contributed by atoms with van der Waals surface area (Å²) in [6.45, 7) is 4.11. The summed E-state index contributed by atoms with van der Waals surface area (Å²) in [6.07, 6.45) is 3.72. The van der Waals surface area contributed by atoms with E-state index in [4.69, 9.17) is 9.84 Å². The molecule has 0 unspecified atom stereocenters. The lowest BCUT2D eigenvalue weighted by Gasteiger charge is -2.14. The van der Waals surface area contributed by atoms with Gasteiger partial charge in [-0.3, -0.25) is 4.68 Å². The van der Waals surface area contributed by atoms with E-state index in [-0.39, 0.29) is 0 Å². The molecule has 2 aromatic carbocycles. The topological polar surface area (TPSA) is 81.8 Å². The van der Waals surface area contributed by atoms with Crippen LogP contribution in [0.5, 0.6) is 5.75 Å². The molecule has 0 saturated carbocycles. The van der Waals surface area contributed by atoms with Crippen molar-refractivity contribution in [2.75, 3.05) is 17.7 Å². The van der Waals surface area contributed by atoms with Gasteiger partial charge in [0, 0.05) is 42.8 Å². The van der Waals surface area contributed by atoms with Gasteiger partial charge in [-0.1, -0.05) is 24.3 Å². The minimum Gasteiger partial charge on any atom is -0.496 e. The maximum Gasteiger partial charge on any atom is 0.162 e. The van der Waals surface area contributed by atoms with Crippen LogP contribution >= 0.6 is 0 Å². The van der Waals surface area contributed by atoms with Crippen molar-refractivity contribution < 1.29 is 4.74 Å². The monoisotopic (exact) mass is 439 g/mol. The zero-order valence-electron chi connectivity index (χ0n) is 19.0. The Kier molecular flexibility index (Phi) is 5.18. The van der Waals surface area contributed by atoms with Crippen LogP contribution < -0.4 is 15.4 Å². The molecule has 0 atom stereocenters. The molecule has 3 aromatic heterocycles. The highest BCUT2D eigenvalue weighted by Gasteiger charge is 2.17. The van der Waals surface area contributed by atoms with Crippen LogP contribution in [0.1, 0.15) is 11.1 Å². The third-order valence-electron chi connectivity index (χ3n) is 5.62. The third kappa shape index (κ3) is 3.87. The van der Waals surface area contributed by atoms with Crippen molar-refractivity contribution in [3.8, 4) is 11.4 Å². The van der Waals surface area contributed by atoms with Crippen molar-refractivity contribution in [2.45, 2.75) is 13.8 Å². The highest BCUT2D eigenvalue weighted by atomic mass is 16.5. The number of nitrogens with zero attached hydrogens (tertiary/aromatic N) is 5. The molecule has 0 aliphatic rings. The number of aromatic nitrogens is 5. The quantitative estimate of drug-likeness (QED) is 0.375. The van der Waals surface area contributed by atoms with Crippen molar-refractivity contribution >= 4 is 34.0 Å². The van der Waals surface area contributed by atoms with Crippen molar-refractivity contribution in [2.24, 2.45) is 7.05 Å². The van der Waals surface area contributed by atoms with E-state index in [0.717, 1.165) is 50.8 Å². The number of pyridine rings is 1. The van der Waals surface area contributed by atoms with E-state index < -0.39 is 0 Å². The molecule has 0 fully saturated rings. The van der Waals surface area contributed by atoms with Gasteiger partial charge in [-0.2, -0.15) is 5.10 Å². The van der Waals surface area contributed by atoms with Gasteiger partial charge in [0.25, 0.3) is 0 Å². The second kappa shape index (κ2) is 8.31. The maximum atomic E-state index is 5.52. The summed E-state index contributed by atoms with van der Waals surface area (Å²) in [4.78, 5) is 4.62. The van der Waals surface area contributed by atoms with Crippen LogP contribution in [0.2, 0.25) is 0 Å². The molecular formula is C25H25N7O. The van der Waals surface area contributed by atoms with E-state index in [1.807, 2.05) is 85.6 Å². The van der Waals surface area contributed by atoms with Crippen LogP contribution in [-0.4, -0.2) is 31.7 Å². The number of ether oxygens (including phenoxy) is 1. The SMILES string of the molecule is COc1ccc(C)c(Nc2nn(-c3ccccc3)c3cc(Nc4ccn(C)n4)ncc23)c1C. The lowest BCUT2D eigenvalue weighted by molar-refractivity contribution is 0.412. The predicted molar refractivity (Wildman–Crippen MR) is 131 cm³/mol. The Balaban J connectivity index is 1.63. The number of hydrogen-bond donors (Lipinski definition) is 2. The van der Waals surface area contributed by atoms with Gasteiger partial charge in [0.05, 0.1) is 23.7 Å². The lowest BCUT2D eigenvalue weighted by Crippen LogP contribution is -2.01. The molecule has 8 heteroatoms. The standard InChI is InChI=1S/C25H25N7O/c1-16-10-11-21(33-4)17(2)24(16)28-25-19-15-26-23(27-22-12-13-31(3)29-22)14-20(19)32(30-25)18-8-6-5-7-9-18/h5-15H,1-4H3,(H,28,30)(H,26,27,29). The van der Waals surface area contributed by atoms with Gasteiger partial charge in [-0.05, 0) is 37.6 Å². The van der Waals surface area contributed by atoms with Gasteiger partial charge < -0.3 is 15.4 Å². The van der Waals surface area contributed by atoms with Gasteiger partial charge in [0.2, 0.25) is 0 Å². The van der Waals surface area contributed by atoms with Crippen LogP contribution in [-0.2, 0) is 7.05 Å². The largest absolute Gasteiger partial charge is 0.496 e. The van der Waals surface area contributed by atoms with Crippen molar-refractivity contribution in [1.29, 1.82) is 0 Å². The van der Waals surface area contributed by atoms with Crippen LogP contribution in [0.25, 0.3) is 16.6 Å². The first kappa shape index (κ1) is 20.6. The molecule has 2 N–H and O–H groups in total. The minimum absolute atomic E-state index is 0.693. The van der Waals surface area contributed by atoms with E-state index in [9.17, 15) is 0 Å². The number of nitrogens with one attached hydrogen (secondary N) is 2. The van der Waals surface area contributed by atoms with Gasteiger partial charge >= 0.3 is 0 Å². The average Bonchev–Trinajstić information content (AvgIpc) is 3.40. The Labute approximate surface area is 191 Å². The molecular weight excluding hydrogens is 414 g/mol. The molecule has 0 saturated heterocycles. The first-order valence-corrected chi connectivity index (χ1v) is 10.7. The van der Waals surface area contributed by atoms with Crippen LogP contribution in [0.3, 0.4) is 0 Å². The Morgan fingerprint density at radius 3 is 2.45 bits per heavy atom. The third-order valence-corrected chi connectivity index (χ3v) is 5.62. The first-order valence-electron chi connectivity index (χ1n) is 10.7. The Morgan fingerprint density at radius 1 is 0.909 bits per heavy atom. The van der Waals surface area contributed by atoms with Crippen LogP contribution in [0, 0.1) is 13.8 Å². The maximum absolute atomic E-state index is 5.52. The molecule has 3 heterocycles. The molecule has 0 radical (unpaired) electrons. The molecule has 0 amide bonds. The summed E-state index contributed by atoms with van der Waals surface area (Å²) in [5, 5.41) is 17.0. The first-order chi connectivity index (χ1) is 16.0. The summed E-state index contributed by atoms with van der Waals surface area (Å²) in [5.41, 5.74) is 5.00. The van der Waals surface area contributed by atoms with Crippen LogP contribution in [0.15, 0.2) is 67.0 Å². The molecule has 5 rings (SSSR count). The van der Waals surface area contributed by atoms with Gasteiger partial charge in [-0.15, -0.1) is 5.10 Å². The molecule has 0 aliphatic heterocycles. The van der Waals surface area contributed by atoms with Crippen molar-refractivity contribution in [3.05, 3.63) is 78.1 Å². The second-order valence-corrected chi connectivity index (χ2v) is 7.89. The Morgan fingerprint density at radius 2 is 1.73 bits per heavy atom. The number of fused-ring (bicyclic) bond motifs is 1. The fourth-order valence-corrected chi connectivity index (χ4v) is 3.91. The van der Waals surface area contributed by atoms with Crippen molar-refractivity contribution in [3.63, 3.8) is 0 Å².